The van der Waals surface area contributed by atoms with Crippen molar-refractivity contribution in [2.45, 2.75) is 86.5 Å². The van der Waals surface area contributed by atoms with Gasteiger partial charge in [0, 0.05) is 19.5 Å². The smallest absolute Gasteiger partial charge is 0.222 e. The second-order valence-electron chi connectivity index (χ2n) is 10.0. The van der Waals surface area contributed by atoms with Gasteiger partial charge < -0.3 is 9.80 Å². The molecule has 24 heavy (non-hydrogen) atoms. The molecule has 3 heteroatoms. The Morgan fingerprint density at radius 2 is 1.29 bits per heavy atom. The van der Waals surface area contributed by atoms with Crippen molar-refractivity contribution in [1.29, 1.82) is 0 Å². The summed E-state index contributed by atoms with van der Waals surface area (Å²) in [4.78, 5) is 15.8. The lowest BCUT2D eigenvalue weighted by Gasteiger charge is -2.29. The van der Waals surface area contributed by atoms with Crippen LogP contribution in [-0.4, -0.2) is 48.4 Å². The van der Waals surface area contributed by atoms with Crippen LogP contribution in [0.1, 0.15) is 86.5 Å². The highest BCUT2D eigenvalue weighted by molar-refractivity contribution is 5.77. The largest absolute Gasteiger partial charge is 0.343 e. The fourth-order valence-corrected chi connectivity index (χ4v) is 3.09. The molecule has 0 bridgehead atoms. The third kappa shape index (κ3) is 10.3. The molecule has 0 unspecified atom stereocenters. The fourth-order valence-electron chi connectivity index (χ4n) is 3.09. The molecule has 2 heterocycles. The van der Waals surface area contributed by atoms with E-state index in [9.17, 15) is 4.79 Å². The van der Waals surface area contributed by atoms with Crippen LogP contribution in [0.3, 0.4) is 0 Å². The van der Waals surface area contributed by atoms with Crippen molar-refractivity contribution in [3.63, 3.8) is 0 Å². The van der Waals surface area contributed by atoms with Crippen LogP contribution in [0.15, 0.2) is 0 Å². The van der Waals surface area contributed by atoms with E-state index in [-0.39, 0.29) is 0 Å². The number of carbonyl (C=O) groups excluding carboxylic acids is 1. The molecule has 0 spiro atoms. The first-order chi connectivity index (χ1) is 11.1. The Morgan fingerprint density at radius 1 is 0.750 bits per heavy atom. The van der Waals surface area contributed by atoms with E-state index in [0.717, 1.165) is 32.4 Å². The molecule has 142 valence electrons. The molecule has 0 radical (unpaired) electrons. The third-order valence-electron chi connectivity index (χ3n) is 4.93. The molecule has 0 aromatic heterocycles. The lowest BCUT2D eigenvalue weighted by Crippen LogP contribution is -2.32. The van der Waals surface area contributed by atoms with Crippen molar-refractivity contribution in [2.24, 2.45) is 10.8 Å². The summed E-state index contributed by atoms with van der Waals surface area (Å²) in [5, 5.41) is 0. The van der Waals surface area contributed by atoms with Gasteiger partial charge in [0.25, 0.3) is 0 Å². The predicted octanol–water partition coefficient (Wildman–Crippen LogP) is 4.95. The van der Waals surface area contributed by atoms with Gasteiger partial charge in [0.2, 0.25) is 5.91 Å². The van der Waals surface area contributed by atoms with Crippen LogP contribution in [0.4, 0.5) is 0 Å². The molecule has 2 saturated heterocycles. The second kappa shape index (κ2) is 9.79. The maximum absolute atomic E-state index is 11.2. The van der Waals surface area contributed by atoms with Gasteiger partial charge in [-0.3, -0.25) is 4.79 Å². The van der Waals surface area contributed by atoms with Gasteiger partial charge in [-0.15, -0.1) is 0 Å². The number of hydrogen-bond acceptors (Lipinski definition) is 2. The van der Waals surface area contributed by atoms with Crippen LogP contribution in [-0.2, 0) is 4.79 Å². The molecule has 3 nitrogen and oxygen atoms in total. The van der Waals surface area contributed by atoms with E-state index >= 15 is 0 Å². The minimum absolute atomic E-state index is 0.347. The van der Waals surface area contributed by atoms with Crippen molar-refractivity contribution in [2.75, 3.05) is 32.7 Å². The number of nitrogens with zero attached hydrogens (tertiary/aromatic N) is 2. The Balaban J connectivity index is 0.000000240. The highest BCUT2D eigenvalue weighted by atomic mass is 16.2. The van der Waals surface area contributed by atoms with Crippen LogP contribution < -0.4 is 0 Å². The Bertz CT molecular complexity index is 359. The fraction of sp³-hybridized carbons (Fsp3) is 0.952. The standard InChI is InChI=1S/C11H23N.C10H19NO/c1-11(2,3)7-10-12-8-5-4-6-9-12;1-10(2,3)6-8-11-7-4-5-9(11)12/h4-10H2,1-3H3;4-8H2,1-3H3. The molecule has 2 aliphatic heterocycles. The second-order valence-corrected chi connectivity index (χ2v) is 10.0. The Hall–Kier alpha value is -0.570. The van der Waals surface area contributed by atoms with Gasteiger partial charge in [-0.25, -0.2) is 0 Å². The minimum Gasteiger partial charge on any atom is -0.343 e. The predicted molar refractivity (Wildman–Crippen MR) is 104 cm³/mol. The Kier molecular flexibility index (Phi) is 8.76. The SMILES string of the molecule is CC(C)(C)CCN1CCCC1=O.CC(C)(C)CCN1CCCCC1. The van der Waals surface area contributed by atoms with Crippen LogP contribution in [0.5, 0.6) is 0 Å². The summed E-state index contributed by atoms with van der Waals surface area (Å²) >= 11 is 0. The summed E-state index contributed by atoms with van der Waals surface area (Å²) in [7, 11) is 0. The summed E-state index contributed by atoms with van der Waals surface area (Å²) in [6, 6.07) is 0. The highest BCUT2D eigenvalue weighted by Gasteiger charge is 2.21. The zero-order valence-corrected chi connectivity index (χ0v) is 17.3. The summed E-state index contributed by atoms with van der Waals surface area (Å²) in [6.07, 6.45) is 8.57. The number of rotatable bonds is 4. The first kappa shape index (κ1) is 21.5. The van der Waals surface area contributed by atoms with E-state index in [2.05, 4.69) is 46.4 Å². The first-order valence-electron chi connectivity index (χ1n) is 10.1. The van der Waals surface area contributed by atoms with Crippen LogP contribution in [0.25, 0.3) is 0 Å². The number of likely N-dealkylation sites (tertiary alicyclic amines) is 2. The molecule has 0 aliphatic carbocycles. The molecule has 0 N–H and O–H groups in total. The van der Waals surface area contributed by atoms with Crippen molar-refractivity contribution in [3.05, 3.63) is 0 Å². The summed E-state index contributed by atoms with van der Waals surface area (Å²) < 4.78 is 0. The van der Waals surface area contributed by atoms with Crippen LogP contribution in [0, 0.1) is 10.8 Å². The normalized spacial score (nSPS) is 20.1. The van der Waals surface area contributed by atoms with E-state index < -0.39 is 0 Å². The zero-order chi connectivity index (χ0) is 18.2. The number of hydrogen-bond donors (Lipinski definition) is 0. The van der Waals surface area contributed by atoms with Gasteiger partial charge in [0.15, 0.2) is 0 Å². The summed E-state index contributed by atoms with van der Waals surface area (Å²) in [6.45, 7) is 19.6. The van der Waals surface area contributed by atoms with Gasteiger partial charge in [-0.2, -0.15) is 0 Å². The molecule has 2 rings (SSSR count). The van der Waals surface area contributed by atoms with Crippen molar-refractivity contribution in [1.82, 2.24) is 9.80 Å². The molecule has 0 saturated carbocycles. The summed E-state index contributed by atoms with van der Waals surface area (Å²) in [5.41, 5.74) is 0.861. The lowest BCUT2D eigenvalue weighted by atomic mass is 9.92. The maximum Gasteiger partial charge on any atom is 0.222 e. The number of amides is 1. The zero-order valence-electron chi connectivity index (χ0n) is 17.3. The average Bonchev–Trinajstić information content (AvgIpc) is 2.89. The minimum atomic E-state index is 0.347. The molecular weight excluding hydrogens is 296 g/mol. The van der Waals surface area contributed by atoms with E-state index in [1.165, 1.54) is 45.3 Å². The van der Waals surface area contributed by atoms with Gasteiger partial charge in [0.05, 0.1) is 0 Å². The van der Waals surface area contributed by atoms with Crippen molar-refractivity contribution >= 4 is 5.91 Å². The van der Waals surface area contributed by atoms with E-state index in [1.807, 2.05) is 4.90 Å². The Labute approximate surface area is 151 Å². The van der Waals surface area contributed by atoms with E-state index in [4.69, 9.17) is 0 Å². The van der Waals surface area contributed by atoms with Crippen LogP contribution in [0.2, 0.25) is 0 Å². The van der Waals surface area contributed by atoms with Crippen LogP contribution >= 0.6 is 0 Å². The molecular formula is C21H42N2O. The van der Waals surface area contributed by atoms with E-state index in [1.54, 1.807) is 0 Å². The van der Waals surface area contributed by atoms with Gasteiger partial charge >= 0.3 is 0 Å². The maximum atomic E-state index is 11.2. The third-order valence-corrected chi connectivity index (χ3v) is 4.93. The molecule has 1 amide bonds. The molecule has 2 aliphatic rings. The summed E-state index contributed by atoms with van der Waals surface area (Å²) in [5.74, 6) is 0.347. The van der Waals surface area contributed by atoms with Crippen molar-refractivity contribution < 1.29 is 4.79 Å². The van der Waals surface area contributed by atoms with Gasteiger partial charge in [0.1, 0.15) is 0 Å². The number of piperidine rings is 1. The van der Waals surface area contributed by atoms with E-state index in [0.29, 0.717) is 16.7 Å². The molecule has 2 fully saturated rings. The topological polar surface area (TPSA) is 23.6 Å². The Morgan fingerprint density at radius 3 is 1.75 bits per heavy atom. The molecule has 0 aromatic rings. The van der Waals surface area contributed by atoms with Crippen molar-refractivity contribution in [3.8, 4) is 0 Å². The monoisotopic (exact) mass is 338 g/mol. The van der Waals surface area contributed by atoms with Gasteiger partial charge in [-0.05, 0) is 62.6 Å². The van der Waals surface area contributed by atoms with Gasteiger partial charge in [-0.1, -0.05) is 48.0 Å². The molecule has 0 atom stereocenters. The highest BCUT2D eigenvalue weighted by Crippen LogP contribution is 2.21. The molecule has 0 aromatic carbocycles. The average molecular weight is 339 g/mol. The quantitative estimate of drug-likeness (QED) is 0.724. The number of carbonyl (C=O) groups is 1. The lowest BCUT2D eigenvalue weighted by molar-refractivity contribution is -0.127. The first-order valence-corrected chi connectivity index (χ1v) is 10.1.